The minimum atomic E-state index is 0.240. The molecule has 0 aromatic heterocycles. The van der Waals surface area contributed by atoms with Gasteiger partial charge in [-0.2, -0.15) is 0 Å². The fraction of sp³-hybridized carbons (Fsp3) is 0.0714. The van der Waals surface area contributed by atoms with Crippen LogP contribution < -0.4 is 0 Å². The normalized spacial score (nSPS) is 10.8. The molecule has 2 rings (SSSR count). The average molecular weight is 228 g/mol. The molecule has 0 heterocycles. The fourth-order valence-electron chi connectivity index (χ4n) is 1.47. The van der Waals surface area contributed by atoms with E-state index >= 15 is 0 Å². The Hall–Kier alpha value is -1.46. The Morgan fingerprint density at radius 1 is 0.875 bits per heavy atom. The Morgan fingerprint density at radius 2 is 1.44 bits per heavy atom. The zero-order valence-corrected chi connectivity index (χ0v) is 9.89. The van der Waals surface area contributed by atoms with E-state index < -0.39 is 0 Å². The molecule has 0 fully saturated rings. The third-order valence-electron chi connectivity index (χ3n) is 2.33. The lowest BCUT2D eigenvalue weighted by Crippen LogP contribution is -1.91. The second-order valence-electron chi connectivity index (χ2n) is 3.53. The minimum absolute atomic E-state index is 0.240. The maximum Gasteiger partial charge on any atom is 0.181 e. The molecule has 1 nitrogen and oxygen atoms in total. The molecule has 0 aliphatic carbocycles. The van der Waals surface area contributed by atoms with Gasteiger partial charge in [-0.25, -0.2) is 0 Å². The van der Waals surface area contributed by atoms with Crippen LogP contribution in [-0.2, 0) is 6.16 Å². The summed E-state index contributed by atoms with van der Waals surface area (Å²) in [6, 6.07) is 19.6. The molecule has 0 N–H and O–H groups in total. The Balaban J connectivity index is 1.95. The summed E-state index contributed by atoms with van der Waals surface area (Å²) in [6.45, 7) is 0. The summed E-state index contributed by atoms with van der Waals surface area (Å²) in [4.78, 5) is 11.8. The number of hydrogen-bond acceptors (Lipinski definition) is 1. The van der Waals surface area contributed by atoms with E-state index in [4.69, 9.17) is 0 Å². The van der Waals surface area contributed by atoms with Gasteiger partial charge in [0.2, 0.25) is 0 Å². The highest BCUT2D eigenvalue weighted by molar-refractivity contribution is 7.58. The molecule has 0 bridgehead atoms. The highest BCUT2D eigenvalue weighted by atomic mass is 31.1. The topological polar surface area (TPSA) is 17.1 Å². The summed E-state index contributed by atoms with van der Waals surface area (Å²) < 4.78 is 0. The summed E-state index contributed by atoms with van der Waals surface area (Å²) >= 11 is 0. The number of benzene rings is 2. The molecule has 0 saturated heterocycles. The van der Waals surface area contributed by atoms with Gasteiger partial charge in [-0.15, -0.1) is 0 Å². The van der Waals surface area contributed by atoms with Gasteiger partial charge >= 0.3 is 0 Å². The van der Waals surface area contributed by atoms with Gasteiger partial charge in [-0.3, -0.25) is 4.79 Å². The van der Waals surface area contributed by atoms with Crippen molar-refractivity contribution >= 4 is 14.1 Å². The van der Waals surface area contributed by atoms with Gasteiger partial charge in [-0.1, -0.05) is 60.7 Å². The average Bonchev–Trinajstić information content (AvgIpc) is 2.38. The van der Waals surface area contributed by atoms with Crippen LogP contribution in [0.2, 0.25) is 0 Å². The Labute approximate surface area is 97.3 Å². The maximum atomic E-state index is 11.8. The molecule has 16 heavy (non-hydrogen) atoms. The zero-order valence-electron chi connectivity index (χ0n) is 8.89. The van der Waals surface area contributed by atoms with Gasteiger partial charge in [0.15, 0.2) is 5.52 Å². The first-order valence-corrected chi connectivity index (χ1v) is 6.44. The first kappa shape index (κ1) is 11.0. The van der Waals surface area contributed by atoms with E-state index in [1.54, 1.807) is 0 Å². The number of carbonyl (C=O) groups is 1. The standard InChI is InChI=1S/C14H13OP/c15-14(13-9-5-2-6-10-13)16-11-12-7-3-1-4-8-12/h1-10,16H,11H2. The molecule has 1 unspecified atom stereocenters. The van der Waals surface area contributed by atoms with Gasteiger partial charge in [0.25, 0.3) is 0 Å². The van der Waals surface area contributed by atoms with Crippen LogP contribution in [0.3, 0.4) is 0 Å². The number of rotatable bonds is 4. The molecular weight excluding hydrogens is 215 g/mol. The zero-order chi connectivity index (χ0) is 11.2. The summed E-state index contributed by atoms with van der Waals surface area (Å²) in [5, 5.41) is 0. The van der Waals surface area contributed by atoms with Gasteiger partial charge in [0, 0.05) is 5.56 Å². The lowest BCUT2D eigenvalue weighted by Gasteiger charge is -2.01. The van der Waals surface area contributed by atoms with Crippen LogP contribution in [0.25, 0.3) is 0 Å². The Kier molecular flexibility index (Phi) is 3.85. The van der Waals surface area contributed by atoms with Gasteiger partial charge < -0.3 is 0 Å². The maximum absolute atomic E-state index is 11.8. The molecule has 0 saturated carbocycles. The molecule has 0 spiro atoms. The van der Waals surface area contributed by atoms with Gasteiger partial charge in [-0.05, 0) is 20.3 Å². The van der Waals surface area contributed by atoms with E-state index in [1.165, 1.54) is 5.56 Å². The minimum Gasteiger partial charge on any atom is -0.289 e. The number of hydrogen-bond donors (Lipinski definition) is 0. The van der Waals surface area contributed by atoms with Crippen LogP contribution in [0.15, 0.2) is 60.7 Å². The first-order chi connectivity index (χ1) is 7.86. The first-order valence-electron chi connectivity index (χ1n) is 5.23. The van der Waals surface area contributed by atoms with Crippen LogP contribution >= 0.6 is 8.58 Å². The predicted molar refractivity (Wildman–Crippen MR) is 69.2 cm³/mol. The van der Waals surface area contributed by atoms with Crippen LogP contribution in [0.1, 0.15) is 15.9 Å². The molecule has 0 aliphatic rings. The van der Waals surface area contributed by atoms with E-state index in [0.29, 0.717) is 8.58 Å². The third kappa shape index (κ3) is 3.01. The van der Waals surface area contributed by atoms with Crippen molar-refractivity contribution in [1.82, 2.24) is 0 Å². The van der Waals surface area contributed by atoms with Crippen molar-refractivity contribution in [2.45, 2.75) is 6.16 Å². The molecular formula is C14H13OP. The van der Waals surface area contributed by atoms with E-state index in [2.05, 4.69) is 12.1 Å². The van der Waals surface area contributed by atoms with Crippen LogP contribution in [0, 0.1) is 0 Å². The molecule has 0 aliphatic heterocycles. The molecule has 0 radical (unpaired) electrons. The van der Waals surface area contributed by atoms with E-state index in [0.717, 1.165) is 11.7 Å². The predicted octanol–water partition coefficient (Wildman–Crippen LogP) is 3.71. The van der Waals surface area contributed by atoms with Crippen LogP contribution in [-0.4, -0.2) is 5.52 Å². The van der Waals surface area contributed by atoms with Crippen molar-refractivity contribution in [2.75, 3.05) is 0 Å². The Morgan fingerprint density at radius 3 is 2.06 bits per heavy atom. The van der Waals surface area contributed by atoms with Crippen molar-refractivity contribution in [3.8, 4) is 0 Å². The summed E-state index contributed by atoms with van der Waals surface area (Å²) in [5.41, 5.74) is 2.28. The molecule has 80 valence electrons. The molecule has 1 atom stereocenters. The highest BCUT2D eigenvalue weighted by Gasteiger charge is 2.04. The van der Waals surface area contributed by atoms with Gasteiger partial charge in [0.1, 0.15) is 0 Å². The van der Waals surface area contributed by atoms with E-state index in [-0.39, 0.29) is 5.52 Å². The van der Waals surface area contributed by atoms with Crippen molar-refractivity contribution in [3.63, 3.8) is 0 Å². The van der Waals surface area contributed by atoms with Crippen molar-refractivity contribution < 1.29 is 4.79 Å². The number of carbonyl (C=O) groups excluding carboxylic acids is 1. The summed E-state index contributed by atoms with van der Waals surface area (Å²) in [6.07, 6.45) is 0.842. The van der Waals surface area contributed by atoms with Gasteiger partial charge in [0.05, 0.1) is 0 Å². The second kappa shape index (κ2) is 5.58. The third-order valence-corrected chi connectivity index (χ3v) is 3.53. The summed E-state index contributed by atoms with van der Waals surface area (Å²) in [5.74, 6) is 0. The molecule has 2 heteroatoms. The molecule has 2 aromatic rings. The van der Waals surface area contributed by atoms with E-state index in [9.17, 15) is 4.79 Å². The molecule has 2 aromatic carbocycles. The van der Waals surface area contributed by atoms with Crippen molar-refractivity contribution in [3.05, 3.63) is 71.8 Å². The smallest absolute Gasteiger partial charge is 0.181 e. The van der Waals surface area contributed by atoms with Crippen LogP contribution in [0.5, 0.6) is 0 Å². The van der Waals surface area contributed by atoms with E-state index in [1.807, 2.05) is 48.5 Å². The summed E-state index contributed by atoms with van der Waals surface area (Å²) in [7, 11) is 0.322. The lowest BCUT2D eigenvalue weighted by atomic mass is 10.2. The Bertz CT molecular complexity index is 451. The monoisotopic (exact) mass is 228 g/mol. The largest absolute Gasteiger partial charge is 0.289 e. The fourth-order valence-corrected chi connectivity index (χ4v) is 2.44. The highest BCUT2D eigenvalue weighted by Crippen LogP contribution is 2.23. The van der Waals surface area contributed by atoms with Crippen LogP contribution in [0.4, 0.5) is 0 Å². The van der Waals surface area contributed by atoms with Crippen molar-refractivity contribution in [1.29, 1.82) is 0 Å². The SMILES string of the molecule is O=C(PCc1ccccc1)c1ccccc1. The molecule has 0 amide bonds. The second-order valence-corrected chi connectivity index (χ2v) is 4.70. The lowest BCUT2D eigenvalue weighted by molar-refractivity contribution is 0.108. The van der Waals surface area contributed by atoms with Crippen molar-refractivity contribution in [2.24, 2.45) is 0 Å². The quantitative estimate of drug-likeness (QED) is 0.729.